The van der Waals surface area contributed by atoms with Gasteiger partial charge in [0, 0.05) is 24.9 Å². The van der Waals surface area contributed by atoms with Gasteiger partial charge in [-0.1, -0.05) is 23.8 Å². The van der Waals surface area contributed by atoms with Gasteiger partial charge in [-0.15, -0.1) is 6.58 Å². The molecule has 0 atom stereocenters. The van der Waals surface area contributed by atoms with Gasteiger partial charge in [0.2, 0.25) is 0 Å². The first-order valence-corrected chi connectivity index (χ1v) is 5.19. The molecule has 2 heteroatoms. The van der Waals surface area contributed by atoms with Crippen LogP contribution in [0.5, 0.6) is 0 Å². The second-order valence-corrected chi connectivity index (χ2v) is 3.72. The first-order chi connectivity index (χ1) is 7.24. The van der Waals surface area contributed by atoms with E-state index < -0.39 is 0 Å². The first kappa shape index (κ1) is 11.8. The van der Waals surface area contributed by atoms with Crippen LogP contribution in [0.2, 0.25) is 0 Å². The Morgan fingerprint density at radius 3 is 2.80 bits per heavy atom. The number of hydrogen-bond donors (Lipinski definition) is 1. The maximum absolute atomic E-state index is 5.14. The topological polar surface area (TPSA) is 21.3 Å². The highest BCUT2D eigenvalue weighted by Gasteiger charge is 1.99. The van der Waals surface area contributed by atoms with Gasteiger partial charge in [0.25, 0.3) is 0 Å². The van der Waals surface area contributed by atoms with Crippen LogP contribution in [0.4, 0.5) is 5.69 Å². The Balaban J connectivity index is 2.55. The van der Waals surface area contributed by atoms with Crippen molar-refractivity contribution in [3.8, 4) is 0 Å². The zero-order valence-electron chi connectivity index (χ0n) is 9.55. The molecule has 0 saturated heterocycles. The lowest BCUT2D eigenvalue weighted by molar-refractivity contribution is 0.185. The van der Waals surface area contributed by atoms with Crippen LogP contribution in [0.3, 0.4) is 0 Å². The molecule has 0 amide bonds. The highest BCUT2D eigenvalue weighted by molar-refractivity contribution is 5.50. The van der Waals surface area contributed by atoms with Crippen LogP contribution in [0.25, 0.3) is 0 Å². The monoisotopic (exact) mass is 205 g/mol. The average molecular weight is 205 g/mol. The molecule has 1 rings (SSSR count). The predicted octanol–water partition coefficient (Wildman–Crippen LogP) is 3.21. The molecule has 0 radical (unpaired) electrons. The number of para-hydroxylation sites is 1. The minimum Gasteiger partial charge on any atom is -0.384 e. The minimum absolute atomic E-state index is 0.649. The van der Waals surface area contributed by atoms with E-state index in [1.807, 2.05) is 19.1 Å². The van der Waals surface area contributed by atoms with Crippen molar-refractivity contribution in [3.63, 3.8) is 0 Å². The van der Waals surface area contributed by atoms with E-state index in [0.717, 1.165) is 18.7 Å². The molecule has 2 nitrogen and oxygen atoms in total. The van der Waals surface area contributed by atoms with Crippen molar-refractivity contribution in [2.45, 2.75) is 20.0 Å². The van der Waals surface area contributed by atoms with Gasteiger partial charge < -0.3 is 10.1 Å². The van der Waals surface area contributed by atoms with Crippen LogP contribution < -0.4 is 5.32 Å². The summed E-state index contributed by atoms with van der Waals surface area (Å²) in [6, 6.07) is 8.21. The van der Waals surface area contributed by atoms with Gasteiger partial charge in [-0.25, -0.2) is 0 Å². The van der Waals surface area contributed by atoms with E-state index in [1.54, 1.807) is 7.11 Å². The highest BCUT2D eigenvalue weighted by Crippen LogP contribution is 2.15. The Hall–Kier alpha value is -1.28. The van der Waals surface area contributed by atoms with E-state index in [9.17, 15) is 0 Å². The van der Waals surface area contributed by atoms with Crippen molar-refractivity contribution in [2.75, 3.05) is 19.0 Å². The summed E-state index contributed by atoms with van der Waals surface area (Å²) in [7, 11) is 1.71. The molecule has 0 aliphatic rings. The maximum Gasteiger partial charge on any atom is 0.0733 e. The normalized spacial score (nSPS) is 10.0. The second-order valence-electron chi connectivity index (χ2n) is 3.72. The summed E-state index contributed by atoms with van der Waals surface area (Å²) in [5, 5.41) is 3.39. The fraction of sp³-hybridized carbons (Fsp3) is 0.385. The molecule has 0 unspecified atom stereocenters. The molecule has 1 N–H and O–H groups in total. The first-order valence-electron chi connectivity index (χ1n) is 5.19. The van der Waals surface area contributed by atoms with Crippen LogP contribution in [-0.4, -0.2) is 13.7 Å². The standard InChI is InChI=1S/C13H19NO/c1-11(2)8-9-14-13-7-5-4-6-12(13)10-15-3/h4-7,14H,1,8-10H2,2-3H3. The number of benzene rings is 1. The van der Waals surface area contributed by atoms with Crippen LogP contribution in [0.1, 0.15) is 18.9 Å². The van der Waals surface area contributed by atoms with Crippen LogP contribution in [0.15, 0.2) is 36.4 Å². The molecule has 15 heavy (non-hydrogen) atoms. The summed E-state index contributed by atoms with van der Waals surface area (Å²) in [5.74, 6) is 0. The Morgan fingerprint density at radius 1 is 1.40 bits per heavy atom. The summed E-state index contributed by atoms with van der Waals surface area (Å²) in [6.45, 7) is 7.50. The Labute approximate surface area is 92.0 Å². The summed E-state index contributed by atoms with van der Waals surface area (Å²) in [6.07, 6.45) is 1.00. The van der Waals surface area contributed by atoms with Gasteiger partial charge in [-0.2, -0.15) is 0 Å². The van der Waals surface area contributed by atoms with Crippen molar-refractivity contribution < 1.29 is 4.74 Å². The number of ether oxygens (including phenoxy) is 1. The molecular formula is C13H19NO. The Morgan fingerprint density at radius 2 is 2.13 bits per heavy atom. The third-order valence-corrected chi connectivity index (χ3v) is 2.18. The molecule has 0 saturated carbocycles. The number of nitrogens with one attached hydrogen (secondary N) is 1. The quantitative estimate of drug-likeness (QED) is 0.720. The molecule has 0 aromatic heterocycles. The molecule has 82 valence electrons. The SMILES string of the molecule is C=C(C)CCNc1ccccc1COC. The van der Waals surface area contributed by atoms with Crippen LogP contribution >= 0.6 is 0 Å². The molecular weight excluding hydrogens is 186 g/mol. The zero-order chi connectivity index (χ0) is 11.1. The smallest absolute Gasteiger partial charge is 0.0733 e. The van der Waals surface area contributed by atoms with E-state index >= 15 is 0 Å². The molecule has 0 bridgehead atoms. The van der Waals surface area contributed by atoms with Gasteiger partial charge in [-0.05, 0) is 19.4 Å². The third kappa shape index (κ3) is 4.17. The summed E-state index contributed by atoms with van der Waals surface area (Å²) >= 11 is 0. The number of hydrogen-bond acceptors (Lipinski definition) is 2. The summed E-state index contributed by atoms with van der Waals surface area (Å²) in [4.78, 5) is 0. The number of methoxy groups -OCH3 is 1. The molecule has 0 heterocycles. The molecule has 1 aromatic rings. The Kier molecular flexibility index (Phi) is 4.91. The van der Waals surface area contributed by atoms with Crippen molar-refractivity contribution in [2.24, 2.45) is 0 Å². The lowest BCUT2D eigenvalue weighted by atomic mass is 10.2. The minimum atomic E-state index is 0.649. The van der Waals surface area contributed by atoms with Crippen LogP contribution in [-0.2, 0) is 11.3 Å². The van der Waals surface area contributed by atoms with E-state index in [0.29, 0.717) is 6.61 Å². The van der Waals surface area contributed by atoms with Gasteiger partial charge >= 0.3 is 0 Å². The van der Waals surface area contributed by atoms with E-state index in [1.165, 1.54) is 11.1 Å². The van der Waals surface area contributed by atoms with Gasteiger partial charge in [-0.3, -0.25) is 0 Å². The summed E-state index contributed by atoms with van der Waals surface area (Å²) < 4.78 is 5.14. The largest absolute Gasteiger partial charge is 0.384 e. The molecule has 0 fully saturated rings. The highest BCUT2D eigenvalue weighted by atomic mass is 16.5. The van der Waals surface area contributed by atoms with Crippen molar-refractivity contribution >= 4 is 5.69 Å². The van der Waals surface area contributed by atoms with Gasteiger partial charge in [0.15, 0.2) is 0 Å². The number of anilines is 1. The predicted molar refractivity (Wildman–Crippen MR) is 65.1 cm³/mol. The third-order valence-electron chi connectivity index (χ3n) is 2.18. The maximum atomic E-state index is 5.14. The fourth-order valence-corrected chi connectivity index (χ4v) is 1.38. The molecule has 1 aromatic carbocycles. The summed E-state index contributed by atoms with van der Waals surface area (Å²) in [5.41, 5.74) is 3.55. The van der Waals surface area contributed by atoms with E-state index in [-0.39, 0.29) is 0 Å². The number of rotatable bonds is 6. The van der Waals surface area contributed by atoms with E-state index in [2.05, 4.69) is 24.0 Å². The lowest BCUT2D eigenvalue weighted by Gasteiger charge is -2.11. The van der Waals surface area contributed by atoms with Gasteiger partial charge in [0.05, 0.1) is 6.61 Å². The molecule has 0 aliphatic heterocycles. The van der Waals surface area contributed by atoms with Crippen molar-refractivity contribution in [1.82, 2.24) is 0 Å². The zero-order valence-corrected chi connectivity index (χ0v) is 9.55. The van der Waals surface area contributed by atoms with Gasteiger partial charge in [0.1, 0.15) is 0 Å². The average Bonchev–Trinajstić information content (AvgIpc) is 2.20. The lowest BCUT2D eigenvalue weighted by Crippen LogP contribution is -2.04. The van der Waals surface area contributed by atoms with Crippen LogP contribution in [0, 0.1) is 0 Å². The fourth-order valence-electron chi connectivity index (χ4n) is 1.38. The van der Waals surface area contributed by atoms with Crippen molar-refractivity contribution in [1.29, 1.82) is 0 Å². The Bertz CT molecular complexity index is 320. The molecule has 0 spiro atoms. The van der Waals surface area contributed by atoms with E-state index in [4.69, 9.17) is 4.74 Å². The second kappa shape index (κ2) is 6.25. The molecule has 0 aliphatic carbocycles. The van der Waals surface area contributed by atoms with Crippen molar-refractivity contribution in [3.05, 3.63) is 42.0 Å².